The van der Waals surface area contributed by atoms with Gasteiger partial charge in [-0.1, -0.05) is 38.3 Å². The molecule has 1 rings (SSSR count). The van der Waals surface area contributed by atoms with Crippen LogP contribution in [0, 0.1) is 5.92 Å². The molecule has 1 aliphatic rings. The van der Waals surface area contributed by atoms with E-state index < -0.39 is 0 Å². The maximum atomic E-state index is 5.81. The molecule has 0 fully saturated rings. The van der Waals surface area contributed by atoms with E-state index in [1.807, 2.05) is 0 Å². The maximum absolute atomic E-state index is 5.81. The van der Waals surface area contributed by atoms with Crippen molar-refractivity contribution < 1.29 is 0 Å². The van der Waals surface area contributed by atoms with Crippen molar-refractivity contribution in [2.45, 2.75) is 52.0 Å². The molecule has 1 aliphatic carbocycles. The molecule has 0 heterocycles. The van der Waals surface area contributed by atoms with E-state index in [-0.39, 0.29) is 0 Å². The first-order valence-electron chi connectivity index (χ1n) is 5.21. The quantitative estimate of drug-likeness (QED) is 0.640. The predicted molar refractivity (Wildman–Crippen MR) is 54.0 cm³/mol. The summed E-state index contributed by atoms with van der Waals surface area (Å²) in [5.41, 5.74) is 7.41. The van der Waals surface area contributed by atoms with Gasteiger partial charge in [0.25, 0.3) is 0 Å². The highest BCUT2D eigenvalue weighted by atomic mass is 14.6. The van der Waals surface area contributed by atoms with Crippen LogP contribution in [0.25, 0.3) is 0 Å². The van der Waals surface area contributed by atoms with Crippen LogP contribution >= 0.6 is 0 Å². The zero-order chi connectivity index (χ0) is 8.97. The van der Waals surface area contributed by atoms with E-state index in [0.717, 1.165) is 5.92 Å². The Hall–Kier alpha value is -0.300. The third-order valence-electron chi connectivity index (χ3n) is 2.95. The van der Waals surface area contributed by atoms with E-state index >= 15 is 0 Å². The minimum atomic E-state index is 0.356. The second kappa shape index (κ2) is 4.66. The highest BCUT2D eigenvalue weighted by Gasteiger charge is 2.14. The van der Waals surface area contributed by atoms with E-state index in [9.17, 15) is 0 Å². The lowest BCUT2D eigenvalue weighted by atomic mass is 9.94. The fraction of sp³-hybridized carbons (Fsp3) is 0.818. The summed E-state index contributed by atoms with van der Waals surface area (Å²) in [6.45, 7) is 4.56. The Morgan fingerprint density at radius 3 is 2.58 bits per heavy atom. The normalized spacial score (nSPS) is 23.3. The molecule has 2 N–H and O–H groups in total. The molecule has 0 radical (unpaired) electrons. The van der Waals surface area contributed by atoms with Gasteiger partial charge in [0.1, 0.15) is 0 Å². The van der Waals surface area contributed by atoms with Crippen molar-refractivity contribution >= 4 is 0 Å². The van der Waals surface area contributed by atoms with Crippen LogP contribution in [0.15, 0.2) is 11.6 Å². The van der Waals surface area contributed by atoms with Gasteiger partial charge in [-0.15, -0.1) is 0 Å². The zero-order valence-corrected chi connectivity index (χ0v) is 8.34. The lowest BCUT2D eigenvalue weighted by Crippen LogP contribution is -2.11. The minimum Gasteiger partial charge on any atom is -0.324 e. The molecule has 70 valence electrons. The summed E-state index contributed by atoms with van der Waals surface area (Å²) in [5.74, 6) is 0.890. The van der Waals surface area contributed by atoms with Gasteiger partial charge in [0, 0.05) is 6.04 Å². The number of nitrogens with two attached hydrogens (primary N) is 1. The smallest absolute Gasteiger partial charge is 0.0229 e. The van der Waals surface area contributed by atoms with Crippen LogP contribution in [-0.4, -0.2) is 6.04 Å². The molecule has 1 atom stereocenters. The molecular weight excluding hydrogens is 146 g/mol. The largest absolute Gasteiger partial charge is 0.324 e. The van der Waals surface area contributed by atoms with Gasteiger partial charge in [0.15, 0.2) is 0 Å². The topological polar surface area (TPSA) is 26.0 Å². The Labute approximate surface area is 76.0 Å². The number of rotatable bonds is 4. The predicted octanol–water partition coefficient (Wildman–Crippen LogP) is 2.86. The first kappa shape index (κ1) is 9.79. The zero-order valence-electron chi connectivity index (χ0n) is 8.34. The number of allylic oxidation sites excluding steroid dienone is 1. The third-order valence-corrected chi connectivity index (χ3v) is 2.95. The van der Waals surface area contributed by atoms with Gasteiger partial charge in [0.05, 0.1) is 0 Å². The highest BCUT2D eigenvalue weighted by Crippen LogP contribution is 2.26. The van der Waals surface area contributed by atoms with Gasteiger partial charge in [-0.05, 0) is 25.2 Å². The first-order valence-corrected chi connectivity index (χ1v) is 5.21. The van der Waals surface area contributed by atoms with Crippen LogP contribution in [0.5, 0.6) is 0 Å². The average Bonchev–Trinajstić information content (AvgIpc) is 2.47. The molecular formula is C11H21N. The van der Waals surface area contributed by atoms with Crippen molar-refractivity contribution in [3.8, 4) is 0 Å². The molecule has 0 saturated carbocycles. The Bertz CT molecular complexity index is 156. The minimum absolute atomic E-state index is 0.356. The van der Waals surface area contributed by atoms with E-state index in [2.05, 4.69) is 19.9 Å². The van der Waals surface area contributed by atoms with E-state index in [1.165, 1.54) is 32.1 Å². The van der Waals surface area contributed by atoms with Crippen molar-refractivity contribution in [1.82, 2.24) is 0 Å². The number of hydrogen-bond acceptors (Lipinski definition) is 1. The molecule has 0 aromatic carbocycles. The summed E-state index contributed by atoms with van der Waals surface area (Å²) in [5, 5.41) is 0. The van der Waals surface area contributed by atoms with Crippen LogP contribution in [0.2, 0.25) is 0 Å². The fourth-order valence-electron chi connectivity index (χ4n) is 1.94. The van der Waals surface area contributed by atoms with E-state index in [0.29, 0.717) is 6.04 Å². The van der Waals surface area contributed by atoms with Crippen molar-refractivity contribution in [3.05, 3.63) is 11.6 Å². The summed E-state index contributed by atoms with van der Waals surface area (Å²) in [7, 11) is 0. The van der Waals surface area contributed by atoms with Crippen molar-refractivity contribution in [2.75, 3.05) is 0 Å². The van der Waals surface area contributed by atoms with Gasteiger partial charge in [-0.25, -0.2) is 0 Å². The second-order valence-corrected chi connectivity index (χ2v) is 3.91. The Kier molecular flexibility index (Phi) is 3.80. The van der Waals surface area contributed by atoms with Gasteiger partial charge < -0.3 is 5.73 Å². The highest BCUT2D eigenvalue weighted by molar-refractivity contribution is 5.13. The molecule has 0 aliphatic heterocycles. The van der Waals surface area contributed by atoms with Crippen LogP contribution in [0.1, 0.15) is 46.0 Å². The summed E-state index contributed by atoms with van der Waals surface area (Å²) in [6.07, 6.45) is 8.61. The average molecular weight is 167 g/mol. The standard InChI is InChI=1S/C11H21N/c1-3-9(4-2)7-10-5-6-11(12)8-10/h8-9,11H,3-7,12H2,1-2H3. The molecule has 1 nitrogen and oxygen atoms in total. The van der Waals surface area contributed by atoms with Gasteiger partial charge >= 0.3 is 0 Å². The first-order chi connectivity index (χ1) is 5.76. The summed E-state index contributed by atoms with van der Waals surface area (Å²) >= 11 is 0. The molecule has 0 aromatic rings. The molecule has 0 aromatic heterocycles. The van der Waals surface area contributed by atoms with Crippen molar-refractivity contribution in [3.63, 3.8) is 0 Å². The monoisotopic (exact) mass is 167 g/mol. The molecule has 0 spiro atoms. The molecule has 0 bridgehead atoms. The lowest BCUT2D eigenvalue weighted by Gasteiger charge is -2.12. The van der Waals surface area contributed by atoms with Crippen LogP contribution < -0.4 is 5.73 Å². The van der Waals surface area contributed by atoms with E-state index in [1.54, 1.807) is 5.57 Å². The SMILES string of the molecule is CCC(CC)CC1=CC(N)CC1. The van der Waals surface area contributed by atoms with Gasteiger partial charge in [-0.2, -0.15) is 0 Å². The maximum Gasteiger partial charge on any atom is 0.0229 e. The van der Waals surface area contributed by atoms with Crippen molar-refractivity contribution in [2.24, 2.45) is 11.7 Å². The molecule has 1 unspecified atom stereocenters. The summed E-state index contributed by atoms with van der Waals surface area (Å²) in [4.78, 5) is 0. The molecule has 1 heteroatoms. The van der Waals surface area contributed by atoms with Crippen LogP contribution in [-0.2, 0) is 0 Å². The molecule has 12 heavy (non-hydrogen) atoms. The summed E-state index contributed by atoms with van der Waals surface area (Å²) < 4.78 is 0. The molecule has 0 amide bonds. The van der Waals surface area contributed by atoms with E-state index in [4.69, 9.17) is 5.73 Å². The Morgan fingerprint density at radius 2 is 2.17 bits per heavy atom. The third kappa shape index (κ3) is 2.63. The van der Waals surface area contributed by atoms with Crippen LogP contribution in [0.3, 0.4) is 0 Å². The second-order valence-electron chi connectivity index (χ2n) is 3.91. The fourth-order valence-corrected chi connectivity index (χ4v) is 1.94. The van der Waals surface area contributed by atoms with Gasteiger partial charge in [0.2, 0.25) is 0 Å². The Morgan fingerprint density at radius 1 is 1.50 bits per heavy atom. The van der Waals surface area contributed by atoms with Gasteiger partial charge in [-0.3, -0.25) is 0 Å². The summed E-state index contributed by atoms with van der Waals surface area (Å²) in [6, 6.07) is 0.356. The van der Waals surface area contributed by atoms with Crippen LogP contribution in [0.4, 0.5) is 0 Å². The molecule has 0 saturated heterocycles. The Balaban J connectivity index is 2.35. The number of hydrogen-bond donors (Lipinski definition) is 1. The lowest BCUT2D eigenvalue weighted by molar-refractivity contribution is 0.484. The van der Waals surface area contributed by atoms with Crippen molar-refractivity contribution in [1.29, 1.82) is 0 Å².